The fourth-order valence-corrected chi connectivity index (χ4v) is 1.08. The molecule has 0 saturated heterocycles. The maximum absolute atomic E-state index is 12.3. The van der Waals surface area contributed by atoms with Gasteiger partial charge in [0, 0.05) is 0 Å². The highest BCUT2D eigenvalue weighted by atomic mass is 32.1. The third kappa shape index (κ3) is 2.66. The van der Waals surface area contributed by atoms with Crippen molar-refractivity contribution in [3.63, 3.8) is 0 Å². The van der Waals surface area contributed by atoms with Crippen LogP contribution in [0, 0.1) is 5.92 Å². The maximum Gasteiger partial charge on any atom is 0.399 e. The Labute approximate surface area is 82.9 Å². The second-order valence-electron chi connectivity index (χ2n) is 2.61. The molecule has 1 atom stereocenters. The zero-order chi connectivity index (χ0) is 10.8. The van der Waals surface area contributed by atoms with E-state index in [4.69, 9.17) is 5.73 Å². The Morgan fingerprint density at radius 1 is 1.57 bits per heavy atom. The minimum absolute atomic E-state index is 0.432. The summed E-state index contributed by atoms with van der Waals surface area (Å²) < 4.78 is 38.0. The van der Waals surface area contributed by atoms with E-state index in [9.17, 15) is 13.2 Å². The fraction of sp³-hybridized carbons (Fsp3) is 0.500. The zero-order valence-electron chi connectivity index (χ0n) is 6.90. The largest absolute Gasteiger partial charge is 0.399 e. The number of nitrogens with zero attached hydrogens (tertiary/aromatic N) is 3. The van der Waals surface area contributed by atoms with E-state index < -0.39 is 23.6 Å². The molecule has 0 aliphatic carbocycles. The lowest BCUT2D eigenvalue weighted by molar-refractivity contribution is -0.158. The van der Waals surface area contributed by atoms with Gasteiger partial charge in [-0.2, -0.15) is 18.3 Å². The molecule has 1 aromatic rings. The Balaban J connectivity index is 2.76. The molecule has 1 aromatic heterocycles. The van der Waals surface area contributed by atoms with Gasteiger partial charge in [-0.05, 0) is 0 Å². The smallest absolute Gasteiger partial charge is 0.393 e. The molecule has 0 amide bonds. The normalized spacial score (nSPS) is 13.9. The van der Waals surface area contributed by atoms with E-state index in [1.807, 2.05) is 0 Å². The van der Waals surface area contributed by atoms with Crippen LogP contribution in [-0.2, 0) is 6.54 Å². The zero-order valence-corrected chi connectivity index (χ0v) is 7.72. The first-order chi connectivity index (χ1) is 6.41. The van der Waals surface area contributed by atoms with Crippen LogP contribution in [0.2, 0.25) is 0 Å². The molecular weight excluding hydrogens is 217 g/mol. The van der Waals surface area contributed by atoms with E-state index >= 15 is 0 Å². The number of halogens is 3. The molecule has 0 fully saturated rings. The molecule has 78 valence electrons. The van der Waals surface area contributed by atoms with E-state index in [1.54, 1.807) is 0 Å². The van der Waals surface area contributed by atoms with Crippen LogP contribution in [0.15, 0.2) is 12.7 Å². The lowest BCUT2D eigenvalue weighted by Crippen LogP contribution is -2.37. The van der Waals surface area contributed by atoms with Crippen LogP contribution in [0.25, 0.3) is 0 Å². The van der Waals surface area contributed by atoms with Crippen LogP contribution in [0.5, 0.6) is 0 Å². The van der Waals surface area contributed by atoms with Crippen LogP contribution in [0.3, 0.4) is 0 Å². The summed E-state index contributed by atoms with van der Waals surface area (Å²) in [5.74, 6) is -1.86. The average molecular weight is 224 g/mol. The highest BCUT2D eigenvalue weighted by molar-refractivity contribution is 7.80. The molecule has 2 N–H and O–H groups in total. The van der Waals surface area contributed by atoms with Gasteiger partial charge in [0.05, 0.1) is 11.5 Å². The summed E-state index contributed by atoms with van der Waals surface area (Å²) >= 11 is 4.33. The molecule has 14 heavy (non-hydrogen) atoms. The highest BCUT2D eigenvalue weighted by Crippen LogP contribution is 2.27. The van der Waals surface area contributed by atoms with Gasteiger partial charge in [-0.1, -0.05) is 12.2 Å². The Morgan fingerprint density at radius 2 is 2.21 bits per heavy atom. The standard InChI is InChI=1S/C6H7F3N4S/c7-6(8,9)4(5(10)14)1-13-3-11-2-12-13/h2-4H,1H2,(H2,10,14). The third-order valence-electron chi connectivity index (χ3n) is 1.57. The number of hydrogen-bond acceptors (Lipinski definition) is 3. The average Bonchev–Trinajstić information content (AvgIpc) is 2.48. The molecule has 0 aromatic carbocycles. The molecule has 1 rings (SSSR count). The van der Waals surface area contributed by atoms with Crippen LogP contribution in [0.4, 0.5) is 13.2 Å². The van der Waals surface area contributed by atoms with E-state index in [-0.39, 0.29) is 0 Å². The quantitative estimate of drug-likeness (QED) is 0.769. The number of alkyl halides is 3. The van der Waals surface area contributed by atoms with Crippen molar-refractivity contribution >= 4 is 17.2 Å². The number of thiocarbonyl (C=S) groups is 1. The molecule has 0 aliphatic rings. The summed E-state index contributed by atoms with van der Waals surface area (Å²) in [7, 11) is 0. The van der Waals surface area contributed by atoms with Gasteiger partial charge in [0.2, 0.25) is 0 Å². The Bertz CT molecular complexity index is 307. The minimum Gasteiger partial charge on any atom is -0.393 e. The topological polar surface area (TPSA) is 56.7 Å². The van der Waals surface area contributed by atoms with Gasteiger partial charge in [0.15, 0.2) is 0 Å². The molecule has 0 saturated carbocycles. The molecule has 8 heteroatoms. The van der Waals surface area contributed by atoms with Crippen molar-refractivity contribution < 1.29 is 13.2 Å². The predicted molar refractivity (Wildman–Crippen MR) is 46.4 cm³/mol. The van der Waals surface area contributed by atoms with Gasteiger partial charge in [0.1, 0.15) is 18.6 Å². The second-order valence-corrected chi connectivity index (χ2v) is 3.09. The lowest BCUT2D eigenvalue weighted by Gasteiger charge is -2.18. The molecular formula is C6H7F3N4S. The molecule has 1 unspecified atom stereocenters. The fourth-order valence-electron chi connectivity index (χ4n) is 0.869. The van der Waals surface area contributed by atoms with Gasteiger partial charge >= 0.3 is 6.18 Å². The third-order valence-corrected chi connectivity index (χ3v) is 1.86. The van der Waals surface area contributed by atoms with Crippen LogP contribution >= 0.6 is 12.2 Å². The molecule has 0 radical (unpaired) electrons. The van der Waals surface area contributed by atoms with Crippen LogP contribution < -0.4 is 5.73 Å². The van der Waals surface area contributed by atoms with Gasteiger partial charge in [-0.15, -0.1) is 0 Å². The van der Waals surface area contributed by atoms with Crippen molar-refractivity contribution in [2.45, 2.75) is 12.7 Å². The molecule has 1 heterocycles. The van der Waals surface area contributed by atoms with Crippen molar-refractivity contribution in [1.29, 1.82) is 0 Å². The first kappa shape index (κ1) is 10.9. The summed E-state index contributed by atoms with van der Waals surface area (Å²) in [4.78, 5) is 2.93. The van der Waals surface area contributed by atoms with E-state index in [0.717, 1.165) is 11.0 Å². The molecule has 0 spiro atoms. The summed E-state index contributed by atoms with van der Waals surface area (Å²) in [5.41, 5.74) is 4.99. The summed E-state index contributed by atoms with van der Waals surface area (Å²) in [6.45, 7) is -0.432. The van der Waals surface area contributed by atoms with Crippen molar-refractivity contribution in [2.75, 3.05) is 0 Å². The van der Waals surface area contributed by atoms with Gasteiger partial charge in [-0.3, -0.25) is 4.68 Å². The number of rotatable bonds is 3. The molecule has 0 aliphatic heterocycles. The van der Waals surface area contributed by atoms with Crippen LogP contribution in [0.1, 0.15) is 0 Å². The molecule has 4 nitrogen and oxygen atoms in total. The van der Waals surface area contributed by atoms with Crippen molar-refractivity contribution in [3.05, 3.63) is 12.7 Å². The predicted octanol–water partition coefficient (Wildman–Crippen LogP) is 0.743. The molecule has 0 bridgehead atoms. The minimum atomic E-state index is -4.45. The number of nitrogens with two attached hydrogens (primary N) is 1. The first-order valence-electron chi connectivity index (χ1n) is 3.59. The summed E-state index contributed by atoms with van der Waals surface area (Å²) in [5, 5.41) is 3.54. The summed E-state index contributed by atoms with van der Waals surface area (Å²) in [6.07, 6.45) is -2.12. The van der Waals surface area contributed by atoms with Crippen molar-refractivity contribution in [3.8, 4) is 0 Å². The Morgan fingerprint density at radius 3 is 2.57 bits per heavy atom. The lowest BCUT2D eigenvalue weighted by atomic mass is 10.1. The maximum atomic E-state index is 12.3. The Hall–Kier alpha value is -1.18. The number of aromatic nitrogens is 3. The van der Waals surface area contributed by atoms with Gasteiger partial charge < -0.3 is 5.73 Å². The van der Waals surface area contributed by atoms with Gasteiger partial charge in [-0.25, -0.2) is 4.98 Å². The summed E-state index contributed by atoms with van der Waals surface area (Å²) in [6, 6.07) is 0. The SMILES string of the molecule is NC(=S)C(Cn1cncn1)C(F)(F)F. The van der Waals surface area contributed by atoms with Crippen LogP contribution in [-0.4, -0.2) is 25.9 Å². The van der Waals surface area contributed by atoms with E-state index in [1.165, 1.54) is 6.33 Å². The van der Waals surface area contributed by atoms with Gasteiger partial charge in [0.25, 0.3) is 0 Å². The van der Waals surface area contributed by atoms with E-state index in [0.29, 0.717) is 0 Å². The number of hydrogen-bond donors (Lipinski definition) is 1. The monoisotopic (exact) mass is 224 g/mol. The second kappa shape index (κ2) is 3.91. The van der Waals surface area contributed by atoms with Crippen molar-refractivity contribution in [2.24, 2.45) is 11.7 Å². The Kier molecular flexibility index (Phi) is 3.04. The highest BCUT2D eigenvalue weighted by Gasteiger charge is 2.42. The first-order valence-corrected chi connectivity index (χ1v) is 4.00. The van der Waals surface area contributed by atoms with Crippen molar-refractivity contribution in [1.82, 2.24) is 14.8 Å². The van der Waals surface area contributed by atoms with E-state index in [2.05, 4.69) is 22.3 Å².